The van der Waals surface area contributed by atoms with Gasteiger partial charge in [0.15, 0.2) is 0 Å². The Balaban J connectivity index is 3.54. The highest BCUT2D eigenvalue weighted by Gasteiger charge is 2.34. The zero-order valence-electron chi connectivity index (χ0n) is 3.04. The first-order valence-electron chi connectivity index (χ1n) is 1.33. The highest BCUT2D eigenvalue weighted by Crippen LogP contribution is 2.26. The van der Waals surface area contributed by atoms with Crippen molar-refractivity contribution in [1.82, 2.24) is 0 Å². The van der Waals surface area contributed by atoms with Gasteiger partial charge < -0.3 is 5.11 Å². The summed E-state index contributed by atoms with van der Waals surface area (Å²) >= 11 is 0.508. The Morgan fingerprint density at radius 2 is 1.71 bits per heavy atom. The molecule has 0 saturated heterocycles. The van der Waals surface area contributed by atoms with Gasteiger partial charge in [-0.15, -0.1) is 0 Å². The van der Waals surface area contributed by atoms with E-state index in [-0.39, 0.29) is 0 Å². The minimum Gasteiger partial charge on any atom is -0.359 e. The summed E-state index contributed by atoms with van der Waals surface area (Å²) in [5, 5.41) is 7.46. The third-order valence-corrected chi connectivity index (χ3v) is 0.784. The van der Waals surface area contributed by atoms with Gasteiger partial charge in [-0.1, -0.05) is 0 Å². The first-order valence-corrected chi connectivity index (χ1v) is 2.41. The molecule has 0 saturated carbocycles. The summed E-state index contributed by atoms with van der Waals surface area (Å²) in [6.45, 7) is 0. The second kappa shape index (κ2) is 2.17. The molecule has 0 aliphatic heterocycles. The normalized spacial score (nSPS) is 16.7. The van der Waals surface area contributed by atoms with E-state index in [9.17, 15) is 13.2 Å². The summed E-state index contributed by atoms with van der Waals surface area (Å²) in [5.74, 6) is 0. The molecule has 1 N–H and O–H groups in total. The lowest BCUT2D eigenvalue weighted by Crippen LogP contribution is -2.20. The molecular formula is C2H2F3IO. The van der Waals surface area contributed by atoms with E-state index in [1.807, 2.05) is 0 Å². The molecule has 0 radical (unpaired) electrons. The number of halogens is 4. The maximum atomic E-state index is 11.2. The van der Waals surface area contributed by atoms with E-state index in [2.05, 4.69) is 0 Å². The van der Waals surface area contributed by atoms with Gasteiger partial charge in [0, 0.05) is 22.6 Å². The van der Waals surface area contributed by atoms with Crippen LogP contribution >= 0.6 is 22.6 Å². The molecule has 0 aromatic heterocycles. The summed E-state index contributed by atoms with van der Waals surface area (Å²) in [7, 11) is 0. The van der Waals surface area contributed by atoms with Gasteiger partial charge in [-0.25, -0.2) is 4.39 Å². The minimum absolute atomic E-state index is 0.508. The Hall–Kier alpha value is 0.480. The van der Waals surface area contributed by atoms with Crippen LogP contribution in [0.4, 0.5) is 13.2 Å². The molecule has 0 rings (SSSR count). The van der Waals surface area contributed by atoms with Crippen molar-refractivity contribution in [2.24, 2.45) is 0 Å². The van der Waals surface area contributed by atoms with E-state index in [1.54, 1.807) is 0 Å². The van der Waals surface area contributed by atoms with Crippen LogP contribution in [0.1, 0.15) is 0 Å². The lowest BCUT2D eigenvalue weighted by atomic mass is 10.7. The Bertz CT molecular complexity index is 58.4. The van der Waals surface area contributed by atoms with Crippen molar-refractivity contribution in [2.75, 3.05) is 0 Å². The molecule has 1 nitrogen and oxygen atoms in total. The first-order chi connectivity index (χ1) is 2.94. The van der Waals surface area contributed by atoms with Crippen LogP contribution in [0.3, 0.4) is 0 Å². The number of hydrogen-bond donors (Lipinski definition) is 1. The molecule has 0 aliphatic carbocycles. The van der Waals surface area contributed by atoms with Crippen molar-refractivity contribution in [3.05, 3.63) is 0 Å². The number of alkyl halides is 4. The molecule has 7 heavy (non-hydrogen) atoms. The average molecular weight is 226 g/mol. The summed E-state index contributed by atoms with van der Waals surface area (Å²) in [5.41, 5.74) is 0. The number of rotatable bonds is 1. The monoisotopic (exact) mass is 226 g/mol. The molecule has 0 bridgehead atoms. The molecule has 0 aliphatic rings. The zero-order chi connectivity index (χ0) is 6.08. The maximum Gasteiger partial charge on any atom is 0.350 e. The molecule has 44 valence electrons. The first kappa shape index (κ1) is 7.48. The van der Waals surface area contributed by atoms with Crippen LogP contribution in [0, 0.1) is 0 Å². The van der Waals surface area contributed by atoms with Crippen molar-refractivity contribution >= 4 is 22.6 Å². The van der Waals surface area contributed by atoms with Crippen LogP contribution in [0.5, 0.6) is 0 Å². The number of aliphatic hydroxyl groups is 1. The van der Waals surface area contributed by atoms with E-state index < -0.39 is 10.3 Å². The summed E-state index contributed by atoms with van der Waals surface area (Å²) in [6, 6.07) is 0. The summed E-state index contributed by atoms with van der Waals surface area (Å²) < 4.78 is 29.8. The van der Waals surface area contributed by atoms with Crippen molar-refractivity contribution in [2.45, 2.75) is 10.3 Å². The molecule has 1 unspecified atom stereocenters. The van der Waals surface area contributed by atoms with Gasteiger partial charge in [0.05, 0.1) is 0 Å². The van der Waals surface area contributed by atoms with Crippen LogP contribution < -0.4 is 0 Å². The van der Waals surface area contributed by atoms with Crippen LogP contribution in [0.2, 0.25) is 0 Å². The molecule has 5 heteroatoms. The predicted octanol–water partition coefficient (Wildman–Crippen LogP) is 1.30. The Kier molecular flexibility index (Phi) is 2.31. The van der Waals surface area contributed by atoms with Gasteiger partial charge in [-0.2, -0.15) is 8.78 Å². The fourth-order valence-electron chi connectivity index (χ4n) is 0. The molecule has 0 spiro atoms. The van der Waals surface area contributed by atoms with Gasteiger partial charge in [0.25, 0.3) is 6.36 Å². The number of hydrogen-bond acceptors (Lipinski definition) is 1. The fraction of sp³-hybridized carbons (Fsp3) is 1.00. The standard InChI is InChI=1S/C2H2F3IO/c3-1(7)2(4,5)6/h1,7H. The summed E-state index contributed by atoms with van der Waals surface area (Å²) in [4.78, 5) is 0. The third kappa shape index (κ3) is 3.10. The zero-order valence-corrected chi connectivity index (χ0v) is 5.19. The molecule has 0 aromatic rings. The molecule has 0 aromatic carbocycles. The Morgan fingerprint density at radius 1 is 1.57 bits per heavy atom. The Morgan fingerprint density at radius 3 is 1.71 bits per heavy atom. The molecular weight excluding hydrogens is 224 g/mol. The van der Waals surface area contributed by atoms with Crippen LogP contribution in [0.25, 0.3) is 0 Å². The molecule has 0 amide bonds. The predicted molar refractivity (Wildman–Crippen MR) is 26.1 cm³/mol. The number of aliphatic hydroxyl groups excluding tert-OH is 1. The van der Waals surface area contributed by atoms with Crippen molar-refractivity contribution < 1.29 is 18.3 Å². The average Bonchev–Trinajstić information content (AvgIpc) is 1.31. The quantitative estimate of drug-likeness (QED) is 0.527. The van der Waals surface area contributed by atoms with Crippen molar-refractivity contribution in [1.29, 1.82) is 0 Å². The Labute approximate surface area is 51.7 Å². The second-order valence-electron chi connectivity index (χ2n) is 0.877. The van der Waals surface area contributed by atoms with E-state index in [4.69, 9.17) is 5.11 Å². The van der Waals surface area contributed by atoms with E-state index >= 15 is 0 Å². The molecule has 1 atom stereocenters. The third-order valence-electron chi connectivity index (χ3n) is 0.270. The van der Waals surface area contributed by atoms with Gasteiger partial charge in [0.2, 0.25) is 0 Å². The minimum atomic E-state index is -3.64. The van der Waals surface area contributed by atoms with Crippen molar-refractivity contribution in [3.63, 3.8) is 0 Å². The van der Waals surface area contributed by atoms with Crippen LogP contribution in [-0.2, 0) is 0 Å². The highest BCUT2D eigenvalue weighted by molar-refractivity contribution is 14.1. The van der Waals surface area contributed by atoms with Crippen LogP contribution in [-0.4, -0.2) is 15.4 Å². The van der Waals surface area contributed by atoms with Gasteiger partial charge in [0.1, 0.15) is 0 Å². The largest absolute Gasteiger partial charge is 0.359 e. The molecule has 0 heterocycles. The van der Waals surface area contributed by atoms with Crippen LogP contribution in [0.15, 0.2) is 0 Å². The van der Waals surface area contributed by atoms with Gasteiger partial charge in [-0.3, -0.25) is 0 Å². The van der Waals surface area contributed by atoms with Gasteiger partial charge in [-0.05, 0) is 0 Å². The molecule has 0 fully saturated rings. The van der Waals surface area contributed by atoms with Gasteiger partial charge >= 0.3 is 3.93 Å². The van der Waals surface area contributed by atoms with E-state index in [0.717, 1.165) is 0 Å². The van der Waals surface area contributed by atoms with E-state index in [1.165, 1.54) is 0 Å². The SMILES string of the molecule is OC(F)C(F)(F)I. The van der Waals surface area contributed by atoms with E-state index in [0.29, 0.717) is 22.6 Å². The highest BCUT2D eigenvalue weighted by atomic mass is 127. The fourth-order valence-corrected chi connectivity index (χ4v) is 0. The lowest BCUT2D eigenvalue weighted by Gasteiger charge is -2.05. The maximum absolute atomic E-state index is 11.2. The second-order valence-corrected chi connectivity index (χ2v) is 2.32. The van der Waals surface area contributed by atoms with Crippen molar-refractivity contribution in [3.8, 4) is 0 Å². The topological polar surface area (TPSA) is 20.2 Å². The summed E-state index contributed by atoms with van der Waals surface area (Å²) in [6.07, 6.45) is -3.05. The smallest absolute Gasteiger partial charge is 0.350 e. The lowest BCUT2D eigenvalue weighted by molar-refractivity contribution is -0.0960.